The van der Waals surface area contributed by atoms with Crippen LogP contribution in [-0.2, 0) is 6.54 Å². The first-order valence-corrected chi connectivity index (χ1v) is 9.26. The molecule has 2 aromatic carbocycles. The molecule has 1 aromatic heterocycles. The Bertz CT molecular complexity index is 888. The Kier molecular flexibility index (Phi) is 6.04. The van der Waals surface area contributed by atoms with Crippen molar-refractivity contribution in [3.8, 4) is 11.5 Å². The normalized spacial score (nSPS) is 12.7. The molecule has 3 aromatic rings. The maximum atomic E-state index is 11.0. The van der Waals surface area contributed by atoms with Gasteiger partial charge in [-0.2, -0.15) is 5.06 Å². The minimum absolute atomic E-state index is 0.118. The highest BCUT2D eigenvalue weighted by Crippen LogP contribution is 2.34. The van der Waals surface area contributed by atoms with Crippen LogP contribution in [0, 0.1) is 5.92 Å². The molecule has 3 rings (SSSR count). The van der Waals surface area contributed by atoms with Crippen LogP contribution in [-0.4, -0.2) is 29.5 Å². The molecular formula is C22H28N2O3. The van der Waals surface area contributed by atoms with Crippen molar-refractivity contribution >= 4 is 10.9 Å². The number of ether oxygens (including phenoxy) is 2. The summed E-state index contributed by atoms with van der Waals surface area (Å²) in [6.07, 6.45) is 2.85. The molecular weight excluding hydrogens is 340 g/mol. The van der Waals surface area contributed by atoms with Gasteiger partial charge in [0.25, 0.3) is 0 Å². The summed E-state index contributed by atoms with van der Waals surface area (Å²) in [4.78, 5) is 3.32. The molecule has 0 aliphatic carbocycles. The molecule has 0 saturated carbocycles. The lowest BCUT2D eigenvalue weighted by atomic mass is 9.96. The van der Waals surface area contributed by atoms with E-state index in [9.17, 15) is 5.21 Å². The van der Waals surface area contributed by atoms with Crippen LogP contribution in [0.25, 0.3) is 10.9 Å². The highest BCUT2D eigenvalue weighted by Gasteiger charge is 2.24. The molecule has 2 N–H and O–H groups in total. The van der Waals surface area contributed by atoms with Crippen molar-refractivity contribution in [1.82, 2.24) is 10.0 Å². The molecule has 1 unspecified atom stereocenters. The molecule has 0 aliphatic rings. The van der Waals surface area contributed by atoms with E-state index in [-0.39, 0.29) is 6.04 Å². The third-order valence-corrected chi connectivity index (χ3v) is 4.86. The lowest BCUT2D eigenvalue weighted by Crippen LogP contribution is -2.26. The van der Waals surface area contributed by atoms with Crippen LogP contribution in [0.4, 0.5) is 0 Å². The first kappa shape index (κ1) is 19.3. The van der Waals surface area contributed by atoms with E-state index in [1.54, 1.807) is 14.2 Å². The van der Waals surface area contributed by atoms with Crippen LogP contribution in [0.2, 0.25) is 0 Å². The molecule has 1 atom stereocenters. The van der Waals surface area contributed by atoms with Crippen molar-refractivity contribution in [3.63, 3.8) is 0 Å². The van der Waals surface area contributed by atoms with Gasteiger partial charge in [0.2, 0.25) is 0 Å². The summed E-state index contributed by atoms with van der Waals surface area (Å²) in [6, 6.07) is 13.7. The molecule has 5 nitrogen and oxygen atoms in total. The zero-order chi connectivity index (χ0) is 19.4. The number of rotatable bonds is 8. The molecule has 27 heavy (non-hydrogen) atoms. The summed E-state index contributed by atoms with van der Waals surface area (Å²) in [5.41, 5.74) is 3.10. The predicted molar refractivity (Wildman–Crippen MR) is 107 cm³/mol. The van der Waals surface area contributed by atoms with Gasteiger partial charge in [-0.3, -0.25) is 0 Å². The number of fused-ring (bicyclic) bond motifs is 1. The number of nitrogens with one attached hydrogen (secondary N) is 1. The fourth-order valence-corrected chi connectivity index (χ4v) is 3.49. The highest BCUT2D eigenvalue weighted by molar-refractivity contribution is 5.83. The number of hydrogen-bond donors (Lipinski definition) is 2. The van der Waals surface area contributed by atoms with Gasteiger partial charge in [-0.1, -0.05) is 38.1 Å². The first-order valence-electron chi connectivity index (χ1n) is 9.26. The van der Waals surface area contributed by atoms with Gasteiger partial charge >= 0.3 is 0 Å². The molecule has 0 saturated heterocycles. The van der Waals surface area contributed by atoms with E-state index in [0.29, 0.717) is 18.2 Å². The molecule has 0 amide bonds. The molecule has 0 spiro atoms. The van der Waals surface area contributed by atoms with E-state index in [1.807, 2.05) is 36.5 Å². The number of nitrogens with zero attached hydrogens (tertiary/aromatic N) is 1. The van der Waals surface area contributed by atoms with Crippen LogP contribution in [0.15, 0.2) is 48.7 Å². The Balaban J connectivity index is 1.91. The number of para-hydroxylation sites is 1. The van der Waals surface area contributed by atoms with Crippen molar-refractivity contribution in [2.75, 3.05) is 14.2 Å². The van der Waals surface area contributed by atoms with E-state index >= 15 is 0 Å². The van der Waals surface area contributed by atoms with E-state index in [4.69, 9.17) is 9.47 Å². The van der Waals surface area contributed by atoms with Gasteiger partial charge in [0.05, 0.1) is 26.8 Å². The average Bonchev–Trinajstić information content (AvgIpc) is 3.10. The molecule has 5 heteroatoms. The standard InChI is InChI=1S/C22H28N2O3/c1-15(2)11-21(19-13-23-20-8-6-5-7-18(19)20)24(25)14-16-9-10-17(26-3)12-22(16)27-4/h5-10,12-13,15,21,23,25H,11,14H2,1-4H3. The van der Waals surface area contributed by atoms with Crippen molar-refractivity contribution in [2.45, 2.75) is 32.9 Å². The van der Waals surface area contributed by atoms with Crippen LogP contribution in [0.3, 0.4) is 0 Å². The average molecular weight is 368 g/mol. The van der Waals surface area contributed by atoms with Crippen LogP contribution < -0.4 is 9.47 Å². The second-order valence-electron chi connectivity index (χ2n) is 7.21. The number of hydrogen-bond acceptors (Lipinski definition) is 4. The van der Waals surface area contributed by atoms with Crippen LogP contribution in [0.1, 0.15) is 37.4 Å². The highest BCUT2D eigenvalue weighted by atomic mass is 16.5. The van der Waals surface area contributed by atoms with E-state index in [0.717, 1.165) is 34.2 Å². The summed E-state index contributed by atoms with van der Waals surface area (Å²) in [5, 5.41) is 13.6. The summed E-state index contributed by atoms with van der Waals surface area (Å²) in [6.45, 7) is 4.71. The fourth-order valence-electron chi connectivity index (χ4n) is 3.49. The summed E-state index contributed by atoms with van der Waals surface area (Å²) in [7, 11) is 3.26. The van der Waals surface area contributed by atoms with Crippen molar-refractivity contribution in [1.29, 1.82) is 0 Å². The van der Waals surface area contributed by atoms with Gasteiger partial charge < -0.3 is 19.7 Å². The topological polar surface area (TPSA) is 57.7 Å². The Morgan fingerprint density at radius 2 is 1.85 bits per heavy atom. The van der Waals surface area contributed by atoms with Crippen molar-refractivity contribution in [3.05, 3.63) is 59.8 Å². The minimum atomic E-state index is -0.118. The monoisotopic (exact) mass is 368 g/mol. The van der Waals surface area contributed by atoms with Gasteiger partial charge in [-0.15, -0.1) is 0 Å². The molecule has 0 fully saturated rings. The van der Waals surface area contributed by atoms with Crippen LogP contribution >= 0.6 is 0 Å². The summed E-state index contributed by atoms with van der Waals surface area (Å²) >= 11 is 0. The quantitative estimate of drug-likeness (QED) is 0.539. The third kappa shape index (κ3) is 4.26. The number of methoxy groups -OCH3 is 2. The number of hydroxylamine groups is 2. The SMILES string of the molecule is COc1ccc(CN(O)C(CC(C)C)c2c[nH]c3ccccc23)c(OC)c1. The third-order valence-electron chi connectivity index (χ3n) is 4.86. The maximum absolute atomic E-state index is 11.0. The van der Waals surface area contributed by atoms with E-state index in [1.165, 1.54) is 5.06 Å². The molecule has 0 aliphatic heterocycles. The first-order chi connectivity index (χ1) is 13.0. The Hall–Kier alpha value is -2.50. The zero-order valence-electron chi connectivity index (χ0n) is 16.4. The number of aromatic nitrogens is 1. The predicted octanol–water partition coefficient (Wildman–Crippen LogP) is 5.16. The van der Waals surface area contributed by atoms with E-state index in [2.05, 4.69) is 31.0 Å². The maximum Gasteiger partial charge on any atom is 0.127 e. The Labute approximate surface area is 160 Å². The molecule has 144 valence electrons. The lowest BCUT2D eigenvalue weighted by molar-refractivity contribution is -0.141. The smallest absolute Gasteiger partial charge is 0.127 e. The lowest BCUT2D eigenvalue weighted by Gasteiger charge is -2.28. The Morgan fingerprint density at radius 1 is 1.07 bits per heavy atom. The second-order valence-corrected chi connectivity index (χ2v) is 7.21. The van der Waals surface area contributed by atoms with Gasteiger partial charge in [0.1, 0.15) is 11.5 Å². The van der Waals surface area contributed by atoms with Gasteiger partial charge in [-0.05, 0) is 30.0 Å². The number of H-pyrrole nitrogens is 1. The molecule has 1 heterocycles. The largest absolute Gasteiger partial charge is 0.497 e. The summed E-state index contributed by atoms with van der Waals surface area (Å²) in [5.74, 6) is 1.88. The fraction of sp³-hybridized carbons (Fsp3) is 0.364. The molecule has 0 radical (unpaired) electrons. The van der Waals surface area contributed by atoms with Crippen LogP contribution in [0.5, 0.6) is 11.5 Å². The molecule has 0 bridgehead atoms. The second kappa shape index (κ2) is 8.46. The minimum Gasteiger partial charge on any atom is -0.497 e. The van der Waals surface area contributed by atoms with Gasteiger partial charge in [0, 0.05) is 28.7 Å². The number of aromatic amines is 1. The van der Waals surface area contributed by atoms with Crippen molar-refractivity contribution in [2.24, 2.45) is 5.92 Å². The summed E-state index contributed by atoms with van der Waals surface area (Å²) < 4.78 is 10.8. The van der Waals surface area contributed by atoms with Gasteiger partial charge in [-0.25, -0.2) is 0 Å². The zero-order valence-corrected chi connectivity index (χ0v) is 16.4. The number of benzene rings is 2. The Morgan fingerprint density at radius 3 is 2.56 bits per heavy atom. The van der Waals surface area contributed by atoms with E-state index < -0.39 is 0 Å². The van der Waals surface area contributed by atoms with Gasteiger partial charge in [0.15, 0.2) is 0 Å². The van der Waals surface area contributed by atoms with Crippen molar-refractivity contribution < 1.29 is 14.7 Å².